The van der Waals surface area contributed by atoms with Crippen LogP contribution in [0.5, 0.6) is 0 Å². The highest BCUT2D eigenvalue weighted by molar-refractivity contribution is 5.86. The van der Waals surface area contributed by atoms with Gasteiger partial charge in [-0.3, -0.25) is 4.99 Å². The van der Waals surface area contributed by atoms with Crippen molar-refractivity contribution in [3.63, 3.8) is 0 Å². The van der Waals surface area contributed by atoms with Crippen molar-refractivity contribution in [1.29, 1.82) is 0 Å². The van der Waals surface area contributed by atoms with E-state index in [0.29, 0.717) is 11.4 Å². The van der Waals surface area contributed by atoms with Crippen LogP contribution in [0, 0.1) is 5.82 Å². The van der Waals surface area contributed by atoms with Gasteiger partial charge in [-0.15, -0.1) is 0 Å². The topological polar surface area (TPSA) is 59.6 Å². The van der Waals surface area contributed by atoms with Crippen molar-refractivity contribution in [2.75, 3.05) is 19.3 Å². The Morgan fingerprint density at radius 1 is 1.47 bits per heavy atom. The van der Waals surface area contributed by atoms with Gasteiger partial charge < -0.3 is 15.8 Å². The molecule has 2 heterocycles. The summed E-state index contributed by atoms with van der Waals surface area (Å²) in [6.07, 6.45) is 4.14. The maximum Gasteiger partial charge on any atom is 0.125 e. The fourth-order valence-corrected chi connectivity index (χ4v) is 2.95. The number of nitrogens with zero attached hydrogens (tertiary/aromatic N) is 1. The van der Waals surface area contributed by atoms with Gasteiger partial charge in [0.15, 0.2) is 0 Å². The van der Waals surface area contributed by atoms with Crippen molar-refractivity contribution >= 4 is 17.6 Å². The van der Waals surface area contributed by atoms with Crippen molar-refractivity contribution in [3.05, 3.63) is 23.5 Å². The largest absolute Gasteiger partial charge is 0.397 e. The Hall–Kier alpha value is -1.46. The number of hydrogen-bond acceptors (Lipinski definition) is 4. The fraction of sp³-hybridized carbons (Fsp3) is 0.500. The number of fused-ring (bicyclic) bond motifs is 1. The number of nitrogen functional groups attached to an aromatic ring is 1. The van der Waals surface area contributed by atoms with Gasteiger partial charge in [0.1, 0.15) is 5.82 Å². The first-order valence-corrected chi connectivity index (χ1v) is 6.62. The highest BCUT2D eigenvalue weighted by Gasteiger charge is 2.35. The number of aliphatic imine (C=N–C) groups is 1. The smallest absolute Gasteiger partial charge is 0.125 e. The van der Waals surface area contributed by atoms with Gasteiger partial charge >= 0.3 is 0 Å². The van der Waals surface area contributed by atoms with Gasteiger partial charge in [0.2, 0.25) is 0 Å². The molecule has 19 heavy (non-hydrogen) atoms. The average molecular weight is 263 g/mol. The Morgan fingerprint density at radius 3 is 3.11 bits per heavy atom. The van der Waals surface area contributed by atoms with Gasteiger partial charge in [-0.05, 0) is 37.6 Å². The quantitative estimate of drug-likeness (QED) is 0.820. The third-order valence-electron chi connectivity index (χ3n) is 3.83. The number of halogens is 1. The lowest BCUT2D eigenvalue weighted by Crippen LogP contribution is -2.26. The SMILES string of the molecule is CNCC1CCC(C2C=Nc3c(N)cc(F)cc32)O1. The summed E-state index contributed by atoms with van der Waals surface area (Å²) in [6, 6.07) is 2.84. The lowest BCUT2D eigenvalue weighted by molar-refractivity contribution is 0.0430. The van der Waals surface area contributed by atoms with E-state index in [1.165, 1.54) is 12.1 Å². The van der Waals surface area contributed by atoms with Crippen LogP contribution >= 0.6 is 0 Å². The third-order valence-corrected chi connectivity index (χ3v) is 3.83. The zero-order valence-corrected chi connectivity index (χ0v) is 10.9. The van der Waals surface area contributed by atoms with Gasteiger partial charge in [0.25, 0.3) is 0 Å². The molecule has 0 radical (unpaired) electrons. The third kappa shape index (κ3) is 2.24. The Labute approximate surface area is 111 Å². The van der Waals surface area contributed by atoms with E-state index in [9.17, 15) is 4.39 Å². The maximum atomic E-state index is 13.5. The van der Waals surface area contributed by atoms with Crippen molar-refractivity contribution in [1.82, 2.24) is 5.32 Å². The summed E-state index contributed by atoms with van der Waals surface area (Å²) in [7, 11) is 1.92. The zero-order valence-electron chi connectivity index (χ0n) is 10.9. The summed E-state index contributed by atoms with van der Waals surface area (Å²) >= 11 is 0. The summed E-state index contributed by atoms with van der Waals surface area (Å²) < 4.78 is 19.5. The molecule has 0 bridgehead atoms. The molecule has 4 nitrogen and oxygen atoms in total. The van der Waals surface area contributed by atoms with Crippen molar-refractivity contribution < 1.29 is 9.13 Å². The first kappa shape index (κ1) is 12.6. The fourth-order valence-electron chi connectivity index (χ4n) is 2.95. The number of likely N-dealkylation sites (N-methyl/N-ethyl adjacent to an activating group) is 1. The predicted octanol–water partition coefficient (Wildman–Crippen LogP) is 1.97. The van der Waals surface area contributed by atoms with Gasteiger partial charge in [0.05, 0.1) is 23.6 Å². The van der Waals surface area contributed by atoms with Crippen LogP contribution in [0.15, 0.2) is 17.1 Å². The van der Waals surface area contributed by atoms with E-state index in [0.717, 1.165) is 24.9 Å². The molecule has 0 saturated carbocycles. The van der Waals surface area contributed by atoms with Crippen LogP contribution in [0.25, 0.3) is 0 Å². The number of rotatable bonds is 3. The molecule has 2 aliphatic heterocycles. The zero-order chi connectivity index (χ0) is 13.4. The molecule has 102 valence electrons. The number of ether oxygens (including phenoxy) is 1. The van der Waals surface area contributed by atoms with E-state index in [1.807, 2.05) is 13.3 Å². The molecule has 0 aromatic heterocycles. The van der Waals surface area contributed by atoms with Crippen molar-refractivity contribution in [3.8, 4) is 0 Å². The van der Waals surface area contributed by atoms with Crippen molar-refractivity contribution in [2.45, 2.75) is 31.0 Å². The van der Waals surface area contributed by atoms with Gasteiger partial charge in [-0.2, -0.15) is 0 Å². The van der Waals surface area contributed by atoms with E-state index in [-0.39, 0.29) is 23.9 Å². The molecule has 3 rings (SSSR count). The molecule has 3 N–H and O–H groups in total. The number of nitrogens with two attached hydrogens (primary N) is 1. The van der Waals surface area contributed by atoms with Crippen LogP contribution in [0.1, 0.15) is 24.3 Å². The Morgan fingerprint density at radius 2 is 2.32 bits per heavy atom. The van der Waals surface area contributed by atoms with Crippen LogP contribution < -0.4 is 11.1 Å². The number of nitrogens with one attached hydrogen (secondary N) is 1. The summed E-state index contributed by atoms with van der Waals surface area (Å²) in [4.78, 5) is 4.32. The molecule has 0 aliphatic carbocycles. The van der Waals surface area contributed by atoms with Gasteiger partial charge in [-0.1, -0.05) is 0 Å². The second-order valence-electron chi connectivity index (χ2n) is 5.17. The monoisotopic (exact) mass is 263 g/mol. The Bertz CT molecular complexity index is 518. The molecule has 0 amide bonds. The molecule has 0 spiro atoms. The molecule has 1 saturated heterocycles. The van der Waals surface area contributed by atoms with Crippen LogP contribution in [0.2, 0.25) is 0 Å². The van der Waals surface area contributed by atoms with Gasteiger partial charge in [0, 0.05) is 18.7 Å². The summed E-state index contributed by atoms with van der Waals surface area (Å²) in [5.74, 6) is -0.286. The summed E-state index contributed by atoms with van der Waals surface area (Å²) in [5, 5.41) is 3.12. The van der Waals surface area contributed by atoms with E-state index in [4.69, 9.17) is 10.5 Å². The highest BCUT2D eigenvalue weighted by atomic mass is 19.1. The molecular formula is C14H18FN3O. The molecule has 2 aliphatic rings. The average Bonchev–Trinajstić information content (AvgIpc) is 2.95. The first-order valence-electron chi connectivity index (χ1n) is 6.62. The number of hydrogen-bond donors (Lipinski definition) is 2. The molecule has 1 fully saturated rings. The molecule has 3 unspecified atom stereocenters. The summed E-state index contributed by atoms with van der Waals surface area (Å²) in [6.45, 7) is 0.846. The van der Waals surface area contributed by atoms with Crippen molar-refractivity contribution in [2.24, 2.45) is 4.99 Å². The van der Waals surface area contributed by atoms with E-state index < -0.39 is 0 Å². The maximum absolute atomic E-state index is 13.5. The Kier molecular flexibility index (Phi) is 3.24. The van der Waals surface area contributed by atoms with E-state index in [2.05, 4.69) is 10.3 Å². The van der Waals surface area contributed by atoms with E-state index >= 15 is 0 Å². The standard InChI is InChI=1S/C14H18FN3O/c1-17-6-9-2-3-13(19-9)11-7-18-14-10(11)4-8(15)5-12(14)16/h4-5,7,9,11,13,17H,2-3,6,16H2,1H3. The number of anilines is 1. The minimum Gasteiger partial charge on any atom is -0.397 e. The summed E-state index contributed by atoms with van der Waals surface area (Å²) in [5.41, 5.74) is 7.76. The Balaban J connectivity index is 1.82. The van der Waals surface area contributed by atoms with E-state index in [1.54, 1.807) is 0 Å². The molecular weight excluding hydrogens is 245 g/mol. The van der Waals surface area contributed by atoms with Crippen LogP contribution in [-0.2, 0) is 4.74 Å². The first-order chi connectivity index (χ1) is 9.19. The number of benzene rings is 1. The minimum atomic E-state index is -0.309. The normalized spacial score (nSPS) is 28.8. The van der Waals surface area contributed by atoms with Gasteiger partial charge in [-0.25, -0.2) is 4.39 Å². The lowest BCUT2D eigenvalue weighted by atomic mass is 9.93. The second kappa shape index (κ2) is 4.90. The molecule has 1 aromatic carbocycles. The molecule has 3 atom stereocenters. The van der Waals surface area contributed by atoms with Crippen LogP contribution in [0.4, 0.5) is 15.8 Å². The lowest BCUT2D eigenvalue weighted by Gasteiger charge is -2.19. The predicted molar refractivity (Wildman–Crippen MR) is 73.5 cm³/mol. The second-order valence-corrected chi connectivity index (χ2v) is 5.17. The minimum absolute atomic E-state index is 0.0230. The van der Waals surface area contributed by atoms with Crippen LogP contribution in [-0.4, -0.2) is 32.0 Å². The molecule has 5 heteroatoms. The highest BCUT2D eigenvalue weighted by Crippen LogP contribution is 2.42. The molecule has 1 aromatic rings. The van der Waals surface area contributed by atoms with Crippen LogP contribution in [0.3, 0.4) is 0 Å².